The minimum Gasteiger partial charge on any atom is -0.462 e. The number of H-pyrrole nitrogens is 2. The van der Waals surface area contributed by atoms with E-state index in [4.69, 9.17) is 9.47 Å². The smallest absolute Gasteiger partial charge is 0.340 e. The molecule has 3 rings (SSSR count). The highest BCUT2D eigenvalue weighted by Gasteiger charge is 2.53. The number of hydrogen-bond acceptors (Lipinski definition) is 6. The standard InChI is InChI=1S/C22H26N2O6/c1-7-29-21(27)13-9(3)17(23-11(13)5)15-19(25)16(20(15)26)18-10(4)14(12(6)24-18)22(28)30-8-2/h15-16,23-24H,7-8H2,1-6H3. The molecular formula is C22H26N2O6. The Morgan fingerprint density at radius 2 is 1.07 bits per heavy atom. The molecule has 0 atom stereocenters. The van der Waals surface area contributed by atoms with Gasteiger partial charge in [0.15, 0.2) is 11.6 Å². The zero-order chi connectivity index (χ0) is 22.3. The molecule has 1 fully saturated rings. The Bertz CT molecular complexity index is 962. The van der Waals surface area contributed by atoms with Crippen LogP contribution in [0.3, 0.4) is 0 Å². The zero-order valence-electron chi connectivity index (χ0n) is 18.0. The maximum Gasteiger partial charge on any atom is 0.340 e. The summed E-state index contributed by atoms with van der Waals surface area (Å²) < 4.78 is 10.1. The molecule has 0 saturated heterocycles. The molecule has 1 saturated carbocycles. The number of aryl methyl sites for hydroxylation is 2. The van der Waals surface area contributed by atoms with Crippen LogP contribution in [0.5, 0.6) is 0 Å². The second-order valence-electron chi connectivity index (χ2n) is 7.44. The number of esters is 2. The van der Waals surface area contributed by atoms with E-state index in [9.17, 15) is 19.2 Å². The van der Waals surface area contributed by atoms with Gasteiger partial charge in [-0.15, -0.1) is 0 Å². The minimum absolute atomic E-state index is 0.232. The van der Waals surface area contributed by atoms with Crippen molar-refractivity contribution in [3.63, 3.8) is 0 Å². The minimum atomic E-state index is -0.967. The zero-order valence-corrected chi connectivity index (χ0v) is 18.0. The summed E-state index contributed by atoms with van der Waals surface area (Å²) in [4.78, 5) is 56.5. The molecule has 0 aromatic carbocycles. The summed E-state index contributed by atoms with van der Waals surface area (Å²) in [6.45, 7) is 10.7. The van der Waals surface area contributed by atoms with Gasteiger partial charge in [-0.2, -0.15) is 0 Å². The van der Waals surface area contributed by atoms with E-state index in [1.165, 1.54) is 0 Å². The molecule has 0 amide bonds. The molecule has 0 spiro atoms. The number of ether oxygens (including phenoxy) is 2. The first kappa shape index (κ1) is 21.5. The third-order valence-electron chi connectivity index (χ3n) is 5.63. The molecule has 2 heterocycles. The van der Waals surface area contributed by atoms with Crippen molar-refractivity contribution in [3.05, 3.63) is 45.0 Å². The number of rotatable bonds is 6. The van der Waals surface area contributed by atoms with E-state index in [1.54, 1.807) is 41.5 Å². The average Bonchev–Trinajstić information content (AvgIpc) is 3.11. The van der Waals surface area contributed by atoms with Crippen LogP contribution in [0.15, 0.2) is 0 Å². The Kier molecular flexibility index (Phi) is 5.70. The number of carbonyl (C=O) groups excluding carboxylic acids is 4. The summed E-state index contributed by atoms with van der Waals surface area (Å²) >= 11 is 0. The second-order valence-corrected chi connectivity index (χ2v) is 7.44. The van der Waals surface area contributed by atoms with Gasteiger partial charge < -0.3 is 19.4 Å². The van der Waals surface area contributed by atoms with Crippen molar-refractivity contribution in [3.8, 4) is 0 Å². The van der Waals surface area contributed by atoms with E-state index in [-0.39, 0.29) is 24.8 Å². The molecule has 1 aliphatic carbocycles. The number of Topliss-reactive ketones (excluding diaryl/α,β-unsaturated/α-hetero) is 2. The van der Waals surface area contributed by atoms with Gasteiger partial charge in [-0.05, 0) is 52.7 Å². The number of nitrogens with one attached hydrogen (secondary N) is 2. The van der Waals surface area contributed by atoms with E-state index >= 15 is 0 Å². The highest BCUT2D eigenvalue weighted by Crippen LogP contribution is 2.43. The van der Waals surface area contributed by atoms with Crippen molar-refractivity contribution < 1.29 is 28.7 Å². The van der Waals surface area contributed by atoms with E-state index in [1.807, 2.05) is 0 Å². The number of aromatic nitrogens is 2. The molecule has 0 bridgehead atoms. The van der Waals surface area contributed by atoms with Crippen LogP contribution in [-0.2, 0) is 19.1 Å². The molecular weight excluding hydrogens is 388 g/mol. The SMILES string of the molecule is CCOC(=O)c1c(C)[nH]c(C2C(=O)C(c3[nH]c(C)c(C(=O)OCC)c3C)C2=O)c1C. The first-order valence-electron chi connectivity index (χ1n) is 9.95. The summed E-state index contributed by atoms with van der Waals surface area (Å²) in [6.07, 6.45) is 0. The monoisotopic (exact) mass is 414 g/mol. The predicted octanol–water partition coefficient (Wildman–Crippen LogP) is 2.95. The number of hydrogen-bond donors (Lipinski definition) is 2. The Hall–Kier alpha value is -3.16. The topological polar surface area (TPSA) is 118 Å². The molecule has 0 aliphatic heterocycles. The Balaban J connectivity index is 1.93. The van der Waals surface area contributed by atoms with Crippen LogP contribution in [0.25, 0.3) is 0 Å². The van der Waals surface area contributed by atoms with Gasteiger partial charge in [0.25, 0.3) is 0 Å². The van der Waals surface area contributed by atoms with Crippen molar-refractivity contribution in [1.82, 2.24) is 9.97 Å². The summed E-state index contributed by atoms with van der Waals surface area (Å²) in [5.74, 6) is -3.46. The predicted molar refractivity (Wildman–Crippen MR) is 108 cm³/mol. The molecule has 2 aromatic heterocycles. The molecule has 2 N–H and O–H groups in total. The lowest BCUT2D eigenvalue weighted by molar-refractivity contribution is -0.142. The van der Waals surface area contributed by atoms with Crippen LogP contribution in [0, 0.1) is 27.7 Å². The second kappa shape index (κ2) is 7.93. The van der Waals surface area contributed by atoms with Crippen LogP contribution < -0.4 is 0 Å². The fraction of sp³-hybridized carbons (Fsp3) is 0.455. The molecule has 8 nitrogen and oxygen atoms in total. The molecule has 0 radical (unpaired) electrons. The summed E-state index contributed by atoms with van der Waals surface area (Å²) in [7, 11) is 0. The van der Waals surface area contributed by atoms with E-state index in [0.717, 1.165) is 0 Å². The first-order valence-corrected chi connectivity index (χ1v) is 9.95. The third-order valence-corrected chi connectivity index (χ3v) is 5.63. The van der Waals surface area contributed by atoms with Gasteiger partial charge in [0, 0.05) is 22.8 Å². The van der Waals surface area contributed by atoms with Crippen LogP contribution >= 0.6 is 0 Å². The number of aromatic amines is 2. The highest BCUT2D eigenvalue weighted by atomic mass is 16.5. The summed E-state index contributed by atoms with van der Waals surface area (Å²) in [5, 5.41) is 0. The maximum atomic E-state index is 13.0. The molecule has 1 aliphatic rings. The normalized spacial score (nSPS) is 18.3. The number of ketones is 2. The van der Waals surface area contributed by atoms with Gasteiger partial charge in [-0.25, -0.2) is 9.59 Å². The van der Waals surface area contributed by atoms with E-state index < -0.39 is 23.8 Å². The Morgan fingerprint density at radius 1 is 0.733 bits per heavy atom. The average molecular weight is 414 g/mol. The van der Waals surface area contributed by atoms with Gasteiger partial charge in [0.1, 0.15) is 11.8 Å². The lowest BCUT2D eigenvalue weighted by Crippen LogP contribution is -2.45. The van der Waals surface area contributed by atoms with Crippen LogP contribution in [-0.4, -0.2) is 46.7 Å². The third kappa shape index (κ3) is 3.16. The van der Waals surface area contributed by atoms with Gasteiger partial charge >= 0.3 is 11.9 Å². The highest BCUT2D eigenvalue weighted by molar-refractivity contribution is 6.31. The van der Waals surface area contributed by atoms with Crippen LogP contribution in [0.4, 0.5) is 0 Å². The Labute approximate surface area is 174 Å². The van der Waals surface area contributed by atoms with Gasteiger partial charge in [0.2, 0.25) is 0 Å². The number of carbonyl (C=O) groups is 4. The first-order chi connectivity index (χ1) is 14.1. The quantitative estimate of drug-likeness (QED) is 0.554. The van der Waals surface area contributed by atoms with Crippen LogP contribution in [0.2, 0.25) is 0 Å². The molecule has 160 valence electrons. The summed E-state index contributed by atoms with van der Waals surface area (Å²) in [6, 6.07) is 0. The molecule has 0 unspecified atom stereocenters. The summed E-state index contributed by atoms with van der Waals surface area (Å²) in [5.41, 5.74) is 3.76. The van der Waals surface area contributed by atoms with Crippen molar-refractivity contribution >= 4 is 23.5 Å². The van der Waals surface area contributed by atoms with Crippen molar-refractivity contribution in [2.24, 2.45) is 0 Å². The van der Waals surface area contributed by atoms with Gasteiger partial charge in [-0.3, -0.25) is 9.59 Å². The molecule has 30 heavy (non-hydrogen) atoms. The fourth-order valence-corrected chi connectivity index (χ4v) is 4.23. The fourth-order valence-electron chi connectivity index (χ4n) is 4.23. The van der Waals surface area contributed by atoms with E-state index in [2.05, 4.69) is 9.97 Å². The maximum absolute atomic E-state index is 13.0. The Morgan fingerprint density at radius 3 is 1.37 bits per heavy atom. The van der Waals surface area contributed by atoms with Crippen molar-refractivity contribution in [1.29, 1.82) is 0 Å². The largest absolute Gasteiger partial charge is 0.462 e. The van der Waals surface area contributed by atoms with Gasteiger partial charge in [0.05, 0.1) is 24.3 Å². The van der Waals surface area contributed by atoms with Crippen molar-refractivity contribution in [2.75, 3.05) is 13.2 Å². The van der Waals surface area contributed by atoms with Crippen LogP contribution in [0.1, 0.15) is 80.3 Å². The van der Waals surface area contributed by atoms with Gasteiger partial charge in [-0.1, -0.05) is 0 Å². The molecule has 2 aromatic rings. The molecule has 8 heteroatoms. The lowest BCUT2D eigenvalue weighted by Gasteiger charge is -2.32. The van der Waals surface area contributed by atoms with E-state index in [0.29, 0.717) is 45.0 Å². The lowest BCUT2D eigenvalue weighted by atomic mass is 9.67. The van der Waals surface area contributed by atoms with Crippen molar-refractivity contribution in [2.45, 2.75) is 53.4 Å².